The molecule has 0 amide bonds. The summed E-state index contributed by atoms with van der Waals surface area (Å²) in [7, 11) is 0. The van der Waals surface area contributed by atoms with Crippen LogP contribution in [-0.4, -0.2) is 15.1 Å². The Kier molecular flexibility index (Phi) is 2.93. The largest absolute Gasteiger partial charge is 0.338 e. The summed E-state index contributed by atoms with van der Waals surface area (Å²) in [6.45, 7) is 2.05. The molecule has 1 unspecified atom stereocenters. The maximum Gasteiger partial charge on any atom is 0.240 e. The zero-order valence-electron chi connectivity index (χ0n) is 7.48. The third kappa shape index (κ3) is 1.85. The molecule has 0 saturated carbocycles. The van der Waals surface area contributed by atoms with Crippen molar-refractivity contribution in [3.05, 3.63) is 16.8 Å². The zero-order valence-corrected chi connectivity index (χ0v) is 9.88. The Balaban J connectivity index is 2.26. The predicted octanol–water partition coefficient (Wildman–Crippen LogP) is 3.04. The van der Waals surface area contributed by atoms with Gasteiger partial charge in [-0.2, -0.15) is 4.98 Å². The highest BCUT2D eigenvalue weighted by molar-refractivity contribution is 9.09. The topological polar surface area (TPSA) is 51.8 Å². The van der Waals surface area contributed by atoms with Crippen LogP contribution < -0.4 is 0 Å². The molecule has 0 aliphatic rings. The maximum absolute atomic E-state index is 5.10. The summed E-state index contributed by atoms with van der Waals surface area (Å²) in [6, 6.07) is 0. The first-order valence-corrected chi connectivity index (χ1v) is 6.03. The molecule has 0 fully saturated rings. The van der Waals surface area contributed by atoms with Gasteiger partial charge in [0.2, 0.25) is 11.7 Å². The van der Waals surface area contributed by atoms with Crippen LogP contribution in [0.25, 0.3) is 11.5 Å². The Morgan fingerprint density at radius 1 is 1.64 bits per heavy atom. The van der Waals surface area contributed by atoms with Gasteiger partial charge in [-0.25, -0.2) is 4.98 Å². The predicted molar refractivity (Wildman–Crippen MR) is 57.4 cm³/mol. The Labute approximate surface area is 93.5 Å². The molecular weight excluding hydrogens is 266 g/mol. The molecule has 74 valence electrons. The van der Waals surface area contributed by atoms with Crippen LogP contribution in [-0.2, 0) is 0 Å². The summed E-state index contributed by atoms with van der Waals surface area (Å²) in [4.78, 5) is 8.47. The SMILES string of the molecule is CCC(Br)c1nc(-c2cscn2)no1. The van der Waals surface area contributed by atoms with E-state index in [1.165, 1.54) is 11.3 Å². The van der Waals surface area contributed by atoms with E-state index >= 15 is 0 Å². The van der Waals surface area contributed by atoms with Crippen molar-refractivity contribution in [1.29, 1.82) is 0 Å². The van der Waals surface area contributed by atoms with Gasteiger partial charge in [0.25, 0.3) is 0 Å². The standard InChI is InChI=1S/C8H8BrN3OS/c1-2-5(9)8-11-7(12-13-8)6-3-14-4-10-6/h3-5H,2H2,1H3. The Bertz CT molecular complexity index is 400. The lowest BCUT2D eigenvalue weighted by atomic mass is 10.3. The average molecular weight is 274 g/mol. The van der Waals surface area contributed by atoms with Crippen molar-refractivity contribution >= 4 is 27.3 Å². The number of alkyl halides is 1. The van der Waals surface area contributed by atoms with E-state index in [9.17, 15) is 0 Å². The second-order valence-electron chi connectivity index (χ2n) is 2.71. The van der Waals surface area contributed by atoms with Gasteiger partial charge in [0.15, 0.2) is 0 Å². The second-order valence-corrected chi connectivity index (χ2v) is 4.53. The van der Waals surface area contributed by atoms with Gasteiger partial charge in [-0.05, 0) is 6.42 Å². The average Bonchev–Trinajstić information content (AvgIpc) is 2.86. The fraction of sp³-hybridized carbons (Fsp3) is 0.375. The summed E-state index contributed by atoms with van der Waals surface area (Å²) in [6.07, 6.45) is 0.915. The molecular formula is C8H8BrN3OS. The van der Waals surface area contributed by atoms with E-state index in [0.29, 0.717) is 11.7 Å². The molecule has 2 rings (SSSR count). The summed E-state index contributed by atoms with van der Waals surface area (Å²) in [5.74, 6) is 1.16. The third-order valence-corrected chi connectivity index (χ3v) is 3.36. The van der Waals surface area contributed by atoms with Crippen molar-refractivity contribution in [2.24, 2.45) is 0 Å². The summed E-state index contributed by atoms with van der Waals surface area (Å²) < 4.78 is 5.10. The van der Waals surface area contributed by atoms with Crippen molar-refractivity contribution in [1.82, 2.24) is 15.1 Å². The molecule has 0 spiro atoms. The smallest absolute Gasteiger partial charge is 0.240 e. The normalized spacial score (nSPS) is 13.0. The molecule has 0 N–H and O–H groups in total. The molecule has 0 bridgehead atoms. The number of halogens is 1. The van der Waals surface area contributed by atoms with Crippen LogP contribution in [0.3, 0.4) is 0 Å². The lowest BCUT2D eigenvalue weighted by Gasteiger charge is -1.95. The van der Waals surface area contributed by atoms with Crippen molar-refractivity contribution < 1.29 is 4.52 Å². The molecule has 0 saturated heterocycles. The van der Waals surface area contributed by atoms with Gasteiger partial charge in [0.05, 0.1) is 10.3 Å². The number of hydrogen-bond acceptors (Lipinski definition) is 5. The number of aromatic nitrogens is 3. The number of rotatable bonds is 3. The van der Waals surface area contributed by atoms with Crippen LogP contribution in [0.2, 0.25) is 0 Å². The molecule has 0 aromatic carbocycles. The fourth-order valence-corrected chi connectivity index (χ4v) is 1.68. The van der Waals surface area contributed by atoms with Crippen LogP contribution in [0.15, 0.2) is 15.4 Å². The van der Waals surface area contributed by atoms with Gasteiger partial charge < -0.3 is 4.52 Å². The lowest BCUT2D eigenvalue weighted by molar-refractivity contribution is 0.377. The molecule has 6 heteroatoms. The molecule has 2 aromatic heterocycles. The second kappa shape index (κ2) is 4.18. The molecule has 4 nitrogen and oxygen atoms in total. The minimum absolute atomic E-state index is 0.127. The van der Waals surface area contributed by atoms with Crippen LogP contribution in [0.1, 0.15) is 24.1 Å². The number of nitrogens with zero attached hydrogens (tertiary/aromatic N) is 3. The van der Waals surface area contributed by atoms with E-state index in [0.717, 1.165) is 12.1 Å². The summed E-state index contributed by atoms with van der Waals surface area (Å²) >= 11 is 4.96. The van der Waals surface area contributed by atoms with Gasteiger partial charge in [-0.3, -0.25) is 0 Å². The van der Waals surface area contributed by atoms with E-state index in [2.05, 4.69) is 31.1 Å². The van der Waals surface area contributed by atoms with Gasteiger partial charge in [0, 0.05) is 5.38 Å². The van der Waals surface area contributed by atoms with Gasteiger partial charge in [0.1, 0.15) is 5.69 Å². The third-order valence-electron chi connectivity index (χ3n) is 1.73. The number of hydrogen-bond donors (Lipinski definition) is 0. The van der Waals surface area contributed by atoms with Crippen molar-refractivity contribution in [2.75, 3.05) is 0 Å². The number of thiazole rings is 1. The quantitative estimate of drug-likeness (QED) is 0.807. The van der Waals surface area contributed by atoms with E-state index in [1.807, 2.05) is 12.3 Å². The maximum atomic E-state index is 5.10. The molecule has 1 atom stereocenters. The van der Waals surface area contributed by atoms with E-state index in [1.54, 1.807) is 5.51 Å². The molecule has 0 radical (unpaired) electrons. The van der Waals surface area contributed by atoms with Crippen LogP contribution in [0.5, 0.6) is 0 Å². The highest BCUT2D eigenvalue weighted by Crippen LogP contribution is 2.26. The van der Waals surface area contributed by atoms with Gasteiger partial charge >= 0.3 is 0 Å². The van der Waals surface area contributed by atoms with Crippen molar-refractivity contribution in [3.8, 4) is 11.5 Å². The minimum Gasteiger partial charge on any atom is -0.338 e. The monoisotopic (exact) mass is 273 g/mol. The van der Waals surface area contributed by atoms with Crippen LogP contribution in [0.4, 0.5) is 0 Å². The van der Waals surface area contributed by atoms with E-state index in [4.69, 9.17) is 4.52 Å². The van der Waals surface area contributed by atoms with Gasteiger partial charge in [-0.1, -0.05) is 28.0 Å². The van der Waals surface area contributed by atoms with E-state index < -0.39 is 0 Å². The van der Waals surface area contributed by atoms with Crippen LogP contribution >= 0.6 is 27.3 Å². The first kappa shape index (κ1) is 9.79. The molecule has 0 aliphatic heterocycles. The Morgan fingerprint density at radius 3 is 3.14 bits per heavy atom. The highest BCUT2D eigenvalue weighted by Gasteiger charge is 2.15. The van der Waals surface area contributed by atoms with Crippen molar-refractivity contribution in [2.45, 2.75) is 18.2 Å². The van der Waals surface area contributed by atoms with E-state index in [-0.39, 0.29) is 4.83 Å². The zero-order chi connectivity index (χ0) is 9.97. The van der Waals surface area contributed by atoms with Crippen LogP contribution in [0, 0.1) is 0 Å². The molecule has 2 heterocycles. The molecule has 0 aliphatic carbocycles. The Morgan fingerprint density at radius 2 is 2.50 bits per heavy atom. The Hall–Kier alpha value is -0.750. The van der Waals surface area contributed by atoms with Crippen molar-refractivity contribution in [3.63, 3.8) is 0 Å². The minimum atomic E-state index is 0.127. The summed E-state index contributed by atoms with van der Waals surface area (Å²) in [5, 5.41) is 5.75. The fourth-order valence-electron chi connectivity index (χ4n) is 0.964. The lowest BCUT2D eigenvalue weighted by Crippen LogP contribution is -1.87. The molecule has 14 heavy (non-hydrogen) atoms. The first-order valence-electron chi connectivity index (χ1n) is 4.17. The highest BCUT2D eigenvalue weighted by atomic mass is 79.9. The first-order chi connectivity index (χ1) is 6.81. The summed E-state index contributed by atoms with van der Waals surface area (Å²) in [5.41, 5.74) is 2.51. The van der Waals surface area contributed by atoms with Gasteiger partial charge in [-0.15, -0.1) is 11.3 Å². The molecule has 2 aromatic rings.